The number of carbonyl (C=O) groups excluding carboxylic acids is 1. The van der Waals surface area contributed by atoms with Crippen molar-refractivity contribution >= 4 is 11.6 Å². The normalized spacial score (nSPS) is 12.2. The smallest absolute Gasteiger partial charge is 0.245 e. The van der Waals surface area contributed by atoms with Gasteiger partial charge in [0.25, 0.3) is 0 Å². The first kappa shape index (κ1) is 18.5. The minimum atomic E-state index is -0.560. The molecular formula is C22H23N3O2. The Morgan fingerprint density at radius 3 is 2.67 bits per heavy atom. The lowest BCUT2D eigenvalue weighted by Crippen LogP contribution is -2.19. The van der Waals surface area contributed by atoms with Gasteiger partial charge in [0.1, 0.15) is 11.8 Å². The van der Waals surface area contributed by atoms with E-state index in [0.29, 0.717) is 30.2 Å². The van der Waals surface area contributed by atoms with E-state index in [-0.39, 0.29) is 12.1 Å². The number of nitrogens with two attached hydrogens (primary N) is 1. The number of primary amides is 1. The molecule has 1 amide bonds. The molecule has 1 aliphatic rings. The molecule has 3 N–H and O–H groups in total. The third-order valence-corrected chi connectivity index (χ3v) is 4.82. The van der Waals surface area contributed by atoms with Crippen molar-refractivity contribution in [2.45, 2.75) is 26.2 Å². The van der Waals surface area contributed by atoms with Crippen LogP contribution in [0.3, 0.4) is 0 Å². The second-order valence-electron chi connectivity index (χ2n) is 6.96. The summed E-state index contributed by atoms with van der Waals surface area (Å²) in [4.78, 5) is 11.2. The Labute approximate surface area is 159 Å². The number of rotatable bonds is 6. The summed E-state index contributed by atoms with van der Waals surface area (Å²) in [6, 6.07) is 12.5. The molecule has 5 heteroatoms. The molecule has 0 radical (unpaired) electrons. The van der Waals surface area contributed by atoms with Crippen LogP contribution in [0.5, 0.6) is 5.75 Å². The molecule has 0 saturated carbocycles. The zero-order chi connectivity index (χ0) is 19.6. The molecule has 0 spiro atoms. The Hall–Kier alpha value is -3.26. The van der Waals surface area contributed by atoms with Gasteiger partial charge in [-0.2, -0.15) is 5.26 Å². The van der Waals surface area contributed by atoms with E-state index in [1.165, 1.54) is 5.56 Å². The van der Waals surface area contributed by atoms with Crippen LogP contribution in [0.4, 0.5) is 5.69 Å². The summed E-state index contributed by atoms with van der Waals surface area (Å²) in [6.45, 7) is 8.72. The zero-order valence-corrected chi connectivity index (χ0v) is 15.6. The standard InChI is InChI=1S/C22H23N3O2/c1-13(2)15-4-6-16(7-5-15)18-10-20(25-12-14(3)22(24)26)19(11-23)17-8-9-27-21(17)18/h4-7,10,13,25H,3,8-9,12H2,1-2H3,(H2,24,26). The molecule has 0 atom stereocenters. The van der Waals surface area contributed by atoms with E-state index in [1.807, 2.05) is 6.07 Å². The van der Waals surface area contributed by atoms with Crippen LogP contribution in [0.1, 0.15) is 36.5 Å². The molecule has 1 heterocycles. The van der Waals surface area contributed by atoms with E-state index in [4.69, 9.17) is 10.5 Å². The average Bonchev–Trinajstić information content (AvgIpc) is 3.14. The highest BCUT2D eigenvalue weighted by molar-refractivity contribution is 5.92. The van der Waals surface area contributed by atoms with E-state index in [2.05, 4.69) is 56.1 Å². The molecule has 1 aliphatic heterocycles. The lowest BCUT2D eigenvalue weighted by Gasteiger charge is -2.16. The highest BCUT2D eigenvalue weighted by Crippen LogP contribution is 2.42. The van der Waals surface area contributed by atoms with Crippen LogP contribution >= 0.6 is 0 Å². The first-order valence-electron chi connectivity index (χ1n) is 8.97. The molecular weight excluding hydrogens is 338 g/mol. The first-order chi connectivity index (χ1) is 12.9. The summed E-state index contributed by atoms with van der Waals surface area (Å²) in [5.74, 6) is 0.664. The summed E-state index contributed by atoms with van der Waals surface area (Å²) in [7, 11) is 0. The number of benzene rings is 2. The van der Waals surface area contributed by atoms with Crippen LogP contribution in [-0.2, 0) is 11.2 Å². The van der Waals surface area contributed by atoms with Gasteiger partial charge >= 0.3 is 0 Å². The second kappa shape index (κ2) is 7.55. The molecule has 5 nitrogen and oxygen atoms in total. The van der Waals surface area contributed by atoms with Gasteiger partial charge in [-0.25, -0.2) is 0 Å². The van der Waals surface area contributed by atoms with Gasteiger partial charge in [-0.1, -0.05) is 44.7 Å². The fourth-order valence-corrected chi connectivity index (χ4v) is 3.20. The van der Waals surface area contributed by atoms with E-state index < -0.39 is 5.91 Å². The first-order valence-corrected chi connectivity index (χ1v) is 8.97. The SMILES string of the molecule is C=C(CNc1cc(-c2ccc(C(C)C)cc2)c2c(c1C#N)CCO2)C(N)=O. The average molecular weight is 361 g/mol. The maximum Gasteiger partial charge on any atom is 0.245 e. The number of hydrogen-bond acceptors (Lipinski definition) is 4. The zero-order valence-electron chi connectivity index (χ0n) is 15.6. The van der Waals surface area contributed by atoms with Crippen molar-refractivity contribution in [1.82, 2.24) is 0 Å². The molecule has 2 aromatic carbocycles. The Bertz CT molecular complexity index is 938. The Morgan fingerprint density at radius 2 is 2.07 bits per heavy atom. The van der Waals surface area contributed by atoms with E-state index >= 15 is 0 Å². The fourth-order valence-electron chi connectivity index (χ4n) is 3.20. The Kier molecular flexibility index (Phi) is 5.18. The van der Waals surface area contributed by atoms with Gasteiger partial charge < -0.3 is 15.8 Å². The van der Waals surface area contributed by atoms with Crippen molar-refractivity contribution in [3.05, 3.63) is 59.2 Å². The summed E-state index contributed by atoms with van der Waals surface area (Å²) < 4.78 is 5.85. The number of hydrogen-bond donors (Lipinski definition) is 2. The van der Waals surface area contributed by atoms with Crippen LogP contribution < -0.4 is 15.8 Å². The summed E-state index contributed by atoms with van der Waals surface area (Å²) >= 11 is 0. The number of fused-ring (bicyclic) bond motifs is 1. The highest BCUT2D eigenvalue weighted by Gasteiger charge is 2.24. The van der Waals surface area contributed by atoms with Gasteiger partial charge in [0, 0.05) is 29.7 Å². The third-order valence-electron chi connectivity index (χ3n) is 4.82. The minimum absolute atomic E-state index is 0.190. The molecule has 2 aromatic rings. The lowest BCUT2D eigenvalue weighted by atomic mass is 9.94. The van der Waals surface area contributed by atoms with Crippen molar-refractivity contribution in [2.75, 3.05) is 18.5 Å². The molecule has 3 rings (SSSR count). The van der Waals surface area contributed by atoms with E-state index in [1.54, 1.807) is 0 Å². The molecule has 0 aromatic heterocycles. The second-order valence-corrected chi connectivity index (χ2v) is 6.96. The quantitative estimate of drug-likeness (QED) is 0.767. The van der Waals surface area contributed by atoms with Gasteiger partial charge in [0.05, 0.1) is 17.9 Å². The maximum atomic E-state index is 11.2. The Balaban J connectivity index is 2.05. The minimum Gasteiger partial charge on any atom is -0.492 e. The lowest BCUT2D eigenvalue weighted by molar-refractivity contribution is -0.114. The molecule has 0 fully saturated rings. The van der Waals surface area contributed by atoms with Crippen LogP contribution in [0.15, 0.2) is 42.5 Å². The van der Waals surface area contributed by atoms with E-state index in [0.717, 1.165) is 22.4 Å². The highest BCUT2D eigenvalue weighted by atomic mass is 16.5. The topological polar surface area (TPSA) is 88.1 Å². The third kappa shape index (κ3) is 3.65. The largest absolute Gasteiger partial charge is 0.492 e. The van der Waals surface area contributed by atoms with Gasteiger partial charge in [-0.15, -0.1) is 0 Å². The summed E-state index contributed by atoms with van der Waals surface area (Å²) in [6.07, 6.45) is 0.682. The van der Waals surface area contributed by atoms with Crippen LogP contribution in [-0.4, -0.2) is 19.1 Å². The monoisotopic (exact) mass is 361 g/mol. The summed E-state index contributed by atoms with van der Waals surface area (Å²) in [5.41, 5.74) is 10.8. The van der Waals surface area contributed by atoms with Crippen molar-refractivity contribution in [3.63, 3.8) is 0 Å². The van der Waals surface area contributed by atoms with Crippen molar-refractivity contribution < 1.29 is 9.53 Å². The molecule has 0 bridgehead atoms. The predicted octanol–water partition coefficient (Wildman–Crippen LogP) is 3.74. The fraction of sp³-hybridized carbons (Fsp3) is 0.273. The molecule has 138 valence electrons. The molecule has 0 aliphatic carbocycles. The van der Waals surface area contributed by atoms with E-state index in [9.17, 15) is 10.1 Å². The van der Waals surface area contributed by atoms with Gasteiger partial charge in [0.15, 0.2) is 0 Å². The van der Waals surface area contributed by atoms with Crippen molar-refractivity contribution in [2.24, 2.45) is 5.73 Å². The van der Waals surface area contributed by atoms with Crippen molar-refractivity contribution in [3.8, 4) is 22.9 Å². The predicted molar refractivity (Wildman–Crippen MR) is 107 cm³/mol. The number of carbonyl (C=O) groups is 1. The molecule has 0 saturated heterocycles. The molecule has 27 heavy (non-hydrogen) atoms. The van der Waals surface area contributed by atoms with Crippen LogP contribution in [0.2, 0.25) is 0 Å². The number of anilines is 1. The van der Waals surface area contributed by atoms with Crippen LogP contribution in [0, 0.1) is 11.3 Å². The number of nitrogens with one attached hydrogen (secondary N) is 1. The number of ether oxygens (including phenoxy) is 1. The van der Waals surface area contributed by atoms with Gasteiger partial charge in [-0.05, 0) is 23.1 Å². The summed E-state index contributed by atoms with van der Waals surface area (Å²) in [5, 5.41) is 12.8. The maximum absolute atomic E-state index is 11.2. The number of amides is 1. The van der Waals surface area contributed by atoms with Crippen LogP contribution in [0.25, 0.3) is 11.1 Å². The van der Waals surface area contributed by atoms with Gasteiger partial charge in [0.2, 0.25) is 5.91 Å². The molecule has 0 unspecified atom stereocenters. The van der Waals surface area contributed by atoms with Gasteiger partial charge in [-0.3, -0.25) is 4.79 Å². The number of nitriles is 1. The number of nitrogens with zero attached hydrogens (tertiary/aromatic N) is 1. The van der Waals surface area contributed by atoms with Crippen molar-refractivity contribution in [1.29, 1.82) is 5.26 Å². The Morgan fingerprint density at radius 1 is 1.37 bits per heavy atom.